The SMILES string of the molecule is COC(=O)c1ccnc(C(O)C(O)CSC(C)=O)c1. The van der Waals surface area contributed by atoms with Crippen molar-refractivity contribution in [2.45, 2.75) is 19.1 Å². The Labute approximate surface area is 114 Å². The monoisotopic (exact) mass is 285 g/mol. The third kappa shape index (κ3) is 4.62. The summed E-state index contributed by atoms with van der Waals surface area (Å²) in [5.74, 6) is -0.496. The van der Waals surface area contributed by atoms with Crippen LogP contribution < -0.4 is 0 Å². The van der Waals surface area contributed by atoms with Gasteiger partial charge in [0.05, 0.1) is 24.5 Å². The highest BCUT2D eigenvalue weighted by atomic mass is 32.2. The average molecular weight is 285 g/mol. The van der Waals surface area contributed by atoms with Gasteiger partial charge in [-0.2, -0.15) is 0 Å². The van der Waals surface area contributed by atoms with Crippen LogP contribution in [0.15, 0.2) is 18.3 Å². The molecule has 19 heavy (non-hydrogen) atoms. The van der Waals surface area contributed by atoms with Crippen LogP contribution in [-0.4, -0.2) is 45.2 Å². The number of carbonyl (C=O) groups is 2. The summed E-state index contributed by atoms with van der Waals surface area (Å²) in [6.45, 7) is 1.37. The Bertz CT molecular complexity index is 465. The maximum atomic E-state index is 11.3. The van der Waals surface area contributed by atoms with Crippen LogP contribution in [0.4, 0.5) is 0 Å². The van der Waals surface area contributed by atoms with E-state index in [4.69, 9.17) is 0 Å². The molecule has 0 saturated carbocycles. The van der Waals surface area contributed by atoms with Gasteiger partial charge < -0.3 is 14.9 Å². The van der Waals surface area contributed by atoms with Crippen LogP contribution in [-0.2, 0) is 9.53 Å². The number of hydrogen-bond acceptors (Lipinski definition) is 7. The molecular formula is C12H15NO5S. The van der Waals surface area contributed by atoms with E-state index in [9.17, 15) is 19.8 Å². The Balaban J connectivity index is 2.78. The zero-order valence-corrected chi connectivity index (χ0v) is 11.4. The van der Waals surface area contributed by atoms with Crippen LogP contribution in [0.5, 0.6) is 0 Å². The Morgan fingerprint density at radius 3 is 2.74 bits per heavy atom. The molecule has 1 aromatic heterocycles. The zero-order valence-electron chi connectivity index (χ0n) is 10.6. The standard InChI is InChI=1S/C12H15NO5S/c1-7(14)19-6-10(15)11(16)9-5-8(3-4-13-9)12(17)18-2/h3-5,10-11,15-16H,6H2,1-2H3. The fourth-order valence-electron chi connectivity index (χ4n) is 1.35. The van der Waals surface area contributed by atoms with E-state index >= 15 is 0 Å². The Morgan fingerprint density at radius 2 is 2.16 bits per heavy atom. The smallest absolute Gasteiger partial charge is 0.337 e. The van der Waals surface area contributed by atoms with Crippen molar-refractivity contribution in [3.63, 3.8) is 0 Å². The van der Waals surface area contributed by atoms with E-state index in [2.05, 4.69) is 9.72 Å². The molecule has 2 atom stereocenters. The van der Waals surface area contributed by atoms with Gasteiger partial charge in [0.15, 0.2) is 5.12 Å². The van der Waals surface area contributed by atoms with Crippen molar-refractivity contribution in [2.75, 3.05) is 12.9 Å². The van der Waals surface area contributed by atoms with Crippen LogP contribution in [0.2, 0.25) is 0 Å². The molecule has 104 valence electrons. The number of rotatable bonds is 5. The third-order valence-electron chi connectivity index (χ3n) is 2.33. The number of nitrogens with zero attached hydrogens (tertiary/aromatic N) is 1. The summed E-state index contributed by atoms with van der Waals surface area (Å²) >= 11 is 0.909. The molecule has 0 aliphatic carbocycles. The summed E-state index contributed by atoms with van der Waals surface area (Å²) in [6.07, 6.45) is -1.07. The molecule has 2 unspecified atom stereocenters. The van der Waals surface area contributed by atoms with Gasteiger partial charge in [-0.1, -0.05) is 11.8 Å². The predicted octanol–water partition coefficient (Wildman–Crippen LogP) is 0.542. The molecule has 0 aliphatic heterocycles. The second-order valence-electron chi connectivity index (χ2n) is 3.78. The van der Waals surface area contributed by atoms with Gasteiger partial charge in [-0.15, -0.1) is 0 Å². The topological polar surface area (TPSA) is 96.7 Å². The van der Waals surface area contributed by atoms with Gasteiger partial charge in [0, 0.05) is 18.9 Å². The molecule has 0 amide bonds. The summed E-state index contributed by atoms with van der Waals surface area (Å²) in [4.78, 5) is 26.0. The summed E-state index contributed by atoms with van der Waals surface area (Å²) in [6, 6.07) is 2.79. The number of methoxy groups -OCH3 is 1. The zero-order chi connectivity index (χ0) is 14.4. The molecule has 0 bridgehead atoms. The van der Waals surface area contributed by atoms with Crippen molar-refractivity contribution in [1.29, 1.82) is 0 Å². The predicted molar refractivity (Wildman–Crippen MR) is 69.7 cm³/mol. The van der Waals surface area contributed by atoms with Crippen LogP contribution in [0, 0.1) is 0 Å². The van der Waals surface area contributed by atoms with E-state index in [1.807, 2.05) is 0 Å². The molecule has 1 rings (SSSR count). The first-order valence-corrected chi connectivity index (χ1v) is 6.48. The minimum atomic E-state index is -1.27. The van der Waals surface area contributed by atoms with E-state index in [0.717, 1.165) is 11.8 Å². The number of carbonyl (C=O) groups excluding carboxylic acids is 2. The number of aromatic nitrogens is 1. The fraction of sp³-hybridized carbons (Fsp3) is 0.417. The minimum Gasteiger partial charge on any atom is -0.465 e. The molecule has 0 saturated heterocycles. The highest BCUT2D eigenvalue weighted by molar-refractivity contribution is 8.13. The largest absolute Gasteiger partial charge is 0.465 e. The molecule has 1 heterocycles. The molecule has 0 aromatic carbocycles. The van der Waals surface area contributed by atoms with Crippen molar-refractivity contribution in [3.05, 3.63) is 29.6 Å². The van der Waals surface area contributed by atoms with Gasteiger partial charge >= 0.3 is 5.97 Å². The van der Waals surface area contributed by atoms with Gasteiger partial charge in [-0.3, -0.25) is 9.78 Å². The van der Waals surface area contributed by atoms with Crippen molar-refractivity contribution in [3.8, 4) is 0 Å². The second kappa shape index (κ2) is 7.22. The molecule has 2 N–H and O–H groups in total. The Morgan fingerprint density at radius 1 is 1.47 bits per heavy atom. The minimum absolute atomic E-state index is 0.0562. The highest BCUT2D eigenvalue weighted by Crippen LogP contribution is 2.19. The fourth-order valence-corrected chi connectivity index (χ4v) is 1.93. The lowest BCUT2D eigenvalue weighted by Crippen LogP contribution is -2.22. The second-order valence-corrected chi connectivity index (χ2v) is 4.97. The van der Waals surface area contributed by atoms with Crippen molar-refractivity contribution in [1.82, 2.24) is 4.98 Å². The number of aliphatic hydroxyl groups excluding tert-OH is 2. The van der Waals surface area contributed by atoms with E-state index < -0.39 is 18.2 Å². The molecular weight excluding hydrogens is 270 g/mol. The summed E-state index contributed by atoms with van der Waals surface area (Å²) in [5.41, 5.74) is 0.387. The first kappa shape index (κ1) is 15.6. The van der Waals surface area contributed by atoms with Gasteiger partial charge in [-0.25, -0.2) is 4.79 Å². The average Bonchev–Trinajstić information content (AvgIpc) is 2.43. The molecule has 6 nitrogen and oxygen atoms in total. The molecule has 0 fully saturated rings. The number of esters is 1. The number of hydrogen-bond donors (Lipinski definition) is 2. The molecule has 0 aliphatic rings. The lowest BCUT2D eigenvalue weighted by molar-refractivity contribution is -0.109. The molecule has 0 radical (unpaired) electrons. The number of ether oxygens (including phenoxy) is 1. The maximum absolute atomic E-state index is 11.3. The van der Waals surface area contributed by atoms with E-state index in [0.29, 0.717) is 0 Å². The highest BCUT2D eigenvalue weighted by Gasteiger charge is 2.21. The summed E-state index contributed by atoms with van der Waals surface area (Å²) < 4.78 is 4.55. The normalized spacial score (nSPS) is 13.7. The van der Waals surface area contributed by atoms with Gasteiger partial charge in [0.1, 0.15) is 6.10 Å². The summed E-state index contributed by atoms with van der Waals surface area (Å²) in [5, 5.41) is 19.5. The van der Waals surface area contributed by atoms with Crippen LogP contribution >= 0.6 is 11.8 Å². The maximum Gasteiger partial charge on any atom is 0.337 e. The van der Waals surface area contributed by atoms with E-state index in [1.54, 1.807) is 0 Å². The van der Waals surface area contributed by atoms with Crippen LogP contribution in [0.3, 0.4) is 0 Å². The third-order valence-corrected chi connectivity index (χ3v) is 3.24. The first-order valence-electron chi connectivity index (χ1n) is 5.49. The quantitative estimate of drug-likeness (QED) is 0.762. The molecule has 0 spiro atoms. The van der Waals surface area contributed by atoms with E-state index in [-0.39, 0.29) is 22.1 Å². The van der Waals surface area contributed by atoms with Gasteiger partial charge in [0.2, 0.25) is 0 Å². The van der Waals surface area contributed by atoms with Crippen LogP contribution in [0.25, 0.3) is 0 Å². The molecule has 7 heteroatoms. The lowest BCUT2D eigenvalue weighted by Gasteiger charge is -2.16. The van der Waals surface area contributed by atoms with Crippen molar-refractivity contribution >= 4 is 22.8 Å². The molecule has 1 aromatic rings. The lowest BCUT2D eigenvalue weighted by atomic mass is 10.1. The van der Waals surface area contributed by atoms with Crippen LogP contribution in [0.1, 0.15) is 29.1 Å². The summed E-state index contributed by atoms with van der Waals surface area (Å²) in [7, 11) is 1.25. The van der Waals surface area contributed by atoms with Crippen molar-refractivity contribution < 1.29 is 24.5 Å². The number of pyridine rings is 1. The van der Waals surface area contributed by atoms with E-state index in [1.165, 1.54) is 32.4 Å². The first-order chi connectivity index (χ1) is 8.95. The van der Waals surface area contributed by atoms with Crippen molar-refractivity contribution in [2.24, 2.45) is 0 Å². The van der Waals surface area contributed by atoms with Gasteiger partial charge in [-0.05, 0) is 12.1 Å². The Hall–Kier alpha value is -1.44. The number of aliphatic hydroxyl groups is 2. The van der Waals surface area contributed by atoms with Gasteiger partial charge in [0.25, 0.3) is 0 Å². The Kier molecular flexibility index (Phi) is 5.94. The number of thioether (sulfide) groups is 1.